The van der Waals surface area contributed by atoms with E-state index in [9.17, 15) is 0 Å². The molecule has 1 saturated heterocycles. The average Bonchev–Trinajstić information content (AvgIpc) is 3.07. The molecule has 1 aliphatic rings. The fraction of sp³-hybridized carbons (Fsp3) is 0.400. The zero-order valence-corrected chi connectivity index (χ0v) is 14.6. The zero-order valence-electron chi connectivity index (χ0n) is 14.6. The first-order chi connectivity index (χ1) is 12.3. The van der Waals surface area contributed by atoms with E-state index in [0.29, 0.717) is 6.04 Å². The molecule has 4 rings (SSSR count). The minimum Gasteiger partial charge on any atom is -0.378 e. The van der Waals surface area contributed by atoms with Crippen LogP contribution in [0.3, 0.4) is 0 Å². The number of ether oxygens (including phenoxy) is 1. The Morgan fingerprint density at radius 3 is 2.92 bits per heavy atom. The number of nitrogens with zero attached hydrogens (tertiary/aromatic N) is 4. The van der Waals surface area contributed by atoms with Crippen molar-refractivity contribution in [1.82, 2.24) is 19.5 Å². The summed E-state index contributed by atoms with van der Waals surface area (Å²) < 4.78 is 7.55. The van der Waals surface area contributed by atoms with Crippen LogP contribution in [0.2, 0.25) is 0 Å². The van der Waals surface area contributed by atoms with Crippen molar-refractivity contribution >= 4 is 5.65 Å². The molecule has 0 spiro atoms. The maximum absolute atomic E-state index is 5.65. The molecule has 0 radical (unpaired) electrons. The van der Waals surface area contributed by atoms with Crippen LogP contribution in [0, 0.1) is 0 Å². The standard InChI is InChI=1S/C20H24N4O/c1-2-6-18-15-25-10-9-23(18)13-16-11-21-20-19(12-22-24(20)14-16)17-7-4-3-5-8-17/h3-5,7-8,11-12,14,18H,2,6,9-10,13,15H2,1H3/t18-/m1/s1. The van der Waals surface area contributed by atoms with Gasteiger partial charge >= 0.3 is 0 Å². The molecule has 25 heavy (non-hydrogen) atoms. The minimum atomic E-state index is 0.506. The highest BCUT2D eigenvalue weighted by molar-refractivity contribution is 5.76. The molecule has 3 heterocycles. The van der Waals surface area contributed by atoms with Gasteiger partial charge in [-0.3, -0.25) is 4.90 Å². The molecule has 5 heteroatoms. The van der Waals surface area contributed by atoms with Crippen LogP contribution < -0.4 is 0 Å². The molecular weight excluding hydrogens is 312 g/mol. The van der Waals surface area contributed by atoms with Crippen LogP contribution >= 0.6 is 0 Å². The Morgan fingerprint density at radius 1 is 1.20 bits per heavy atom. The highest BCUT2D eigenvalue weighted by atomic mass is 16.5. The van der Waals surface area contributed by atoms with Gasteiger partial charge in [-0.2, -0.15) is 5.10 Å². The molecule has 0 bridgehead atoms. The minimum absolute atomic E-state index is 0.506. The second-order valence-corrected chi connectivity index (χ2v) is 6.64. The Balaban J connectivity index is 1.58. The maximum atomic E-state index is 5.65. The molecule has 0 saturated carbocycles. The lowest BCUT2D eigenvalue weighted by Crippen LogP contribution is -2.44. The fourth-order valence-corrected chi connectivity index (χ4v) is 3.55. The number of benzene rings is 1. The first-order valence-corrected chi connectivity index (χ1v) is 9.04. The Hall–Kier alpha value is -2.24. The van der Waals surface area contributed by atoms with Crippen molar-refractivity contribution in [3.8, 4) is 11.1 Å². The van der Waals surface area contributed by atoms with Crippen molar-refractivity contribution < 1.29 is 4.74 Å². The van der Waals surface area contributed by atoms with Crippen LogP contribution in [-0.4, -0.2) is 45.3 Å². The first kappa shape index (κ1) is 16.2. The number of rotatable bonds is 5. The van der Waals surface area contributed by atoms with Gasteiger partial charge in [0.05, 0.1) is 19.4 Å². The lowest BCUT2D eigenvalue weighted by molar-refractivity contribution is -0.0148. The van der Waals surface area contributed by atoms with Crippen LogP contribution in [0.25, 0.3) is 16.8 Å². The summed E-state index contributed by atoms with van der Waals surface area (Å²) in [7, 11) is 0. The monoisotopic (exact) mass is 336 g/mol. The Morgan fingerprint density at radius 2 is 2.08 bits per heavy atom. The van der Waals surface area contributed by atoms with Crippen LogP contribution in [0.1, 0.15) is 25.3 Å². The van der Waals surface area contributed by atoms with Crippen LogP contribution in [-0.2, 0) is 11.3 Å². The number of aromatic nitrogens is 3. The molecule has 2 aromatic heterocycles. The van der Waals surface area contributed by atoms with Gasteiger partial charge in [-0.15, -0.1) is 0 Å². The largest absolute Gasteiger partial charge is 0.378 e. The van der Waals surface area contributed by atoms with E-state index in [4.69, 9.17) is 9.72 Å². The van der Waals surface area contributed by atoms with E-state index >= 15 is 0 Å². The number of hydrogen-bond acceptors (Lipinski definition) is 4. The third-order valence-corrected chi connectivity index (χ3v) is 4.85. The van der Waals surface area contributed by atoms with Gasteiger partial charge in [0.15, 0.2) is 5.65 Å². The molecule has 1 aromatic carbocycles. The van der Waals surface area contributed by atoms with E-state index in [-0.39, 0.29) is 0 Å². The van der Waals surface area contributed by atoms with Gasteiger partial charge in [0.1, 0.15) is 0 Å². The van der Waals surface area contributed by atoms with Crippen molar-refractivity contribution in [3.05, 3.63) is 54.5 Å². The Kier molecular flexibility index (Phi) is 4.76. The predicted molar refractivity (Wildman–Crippen MR) is 98.3 cm³/mol. The molecule has 130 valence electrons. The maximum Gasteiger partial charge on any atom is 0.162 e. The van der Waals surface area contributed by atoms with E-state index in [2.05, 4.69) is 35.3 Å². The molecule has 0 amide bonds. The molecule has 3 aromatic rings. The summed E-state index contributed by atoms with van der Waals surface area (Å²) in [6, 6.07) is 10.8. The van der Waals surface area contributed by atoms with Crippen molar-refractivity contribution in [3.63, 3.8) is 0 Å². The Labute approximate surface area is 148 Å². The lowest BCUT2D eigenvalue weighted by Gasteiger charge is -2.35. The quantitative estimate of drug-likeness (QED) is 0.716. The molecular formula is C20H24N4O. The summed E-state index contributed by atoms with van der Waals surface area (Å²) >= 11 is 0. The highest BCUT2D eigenvalue weighted by Crippen LogP contribution is 2.23. The van der Waals surface area contributed by atoms with E-state index < -0.39 is 0 Å². The summed E-state index contributed by atoms with van der Waals surface area (Å²) in [5.41, 5.74) is 4.32. The SMILES string of the molecule is CCC[C@@H]1COCCN1Cc1cnc2c(-c3ccccc3)cnn2c1. The van der Waals surface area contributed by atoms with Crippen molar-refractivity contribution in [2.45, 2.75) is 32.4 Å². The van der Waals surface area contributed by atoms with Crippen molar-refractivity contribution in [2.24, 2.45) is 0 Å². The van der Waals surface area contributed by atoms with Gasteiger partial charge in [0.2, 0.25) is 0 Å². The topological polar surface area (TPSA) is 42.7 Å². The van der Waals surface area contributed by atoms with Crippen LogP contribution in [0.5, 0.6) is 0 Å². The summed E-state index contributed by atoms with van der Waals surface area (Å²) in [6.07, 6.45) is 8.35. The van der Waals surface area contributed by atoms with E-state index in [1.807, 2.05) is 35.1 Å². The molecule has 1 fully saturated rings. The third-order valence-electron chi connectivity index (χ3n) is 4.85. The normalized spacial score (nSPS) is 18.7. The van der Waals surface area contributed by atoms with Crippen molar-refractivity contribution in [1.29, 1.82) is 0 Å². The molecule has 0 unspecified atom stereocenters. The molecule has 0 N–H and O–H groups in total. The smallest absolute Gasteiger partial charge is 0.162 e. The summed E-state index contributed by atoms with van der Waals surface area (Å²) in [5, 5.41) is 4.52. The molecule has 1 aliphatic heterocycles. The zero-order chi connectivity index (χ0) is 17.1. The molecule has 1 atom stereocenters. The van der Waals surface area contributed by atoms with Crippen molar-refractivity contribution in [2.75, 3.05) is 19.8 Å². The van der Waals surface area contributed by atoms with Gasteiger partial charge in [0, 0.05) is 42.7 Å². The van der Waals surface area contributed by atoms with Gasteiger partial charge in [0.25, 0.3) is 0 Å². The van der Waals surface area contributed by atoms with E-state index in [1.165, 1.54) is 18.4 Å². The fourth-order valence-electron chi connectivity index (χ4n) is 3.55. The number of hydrogen-bond donors (Lipinski definition) is 0. The highest BCUT2D eigenvalue weighted by Gasteiger charge is 2.22. The van der Waals surface area contributed by atoms with E-state index in [1.54, 1.807) is 0 Å². The summed E-state index contributed by atoms with van der Waals surface area (Å²) in [6.45, 7) is 5.77. The van der Waals surface area contributed by atoms with Gasteiger partial charge in [-0.05, 0) is 12.0 Å². The average molecular weight is 336 g/mol. The molecule has 0 aliphatic carbocycles. The second-order valence-electron chi connectivity index (χ2n) is 6.64. The number of morpholine rings is 1. The summed E-state index contributed by atoms with van der Waals surface area (Å²) in [5.74, 6) is 0. The van der Waals surface area contributed by atoms with Crippen LogP contribution in [0.15, 0.2) is 48.9 Å². The lowest BCUT2D eigenvalue weighted by atomic mass is 10.1. The third kappa shape index (κ3) is 3.43. The van der Waals surface area contributed by atoms with Gasteiger partial charge < -0.3 is 4.74 Å². The van der Waals surface area contributed by atoms with Gasteiger partial charge in [-0.25, -0.2) is 9.50 Å². The predicted octanol–water partition coefficient (Wildman–Crippen LogP) is 3.40. The second kappa shape index (κ2) is 7.33. The number of fused-ring (bicyclic) bond motifs is 1. The Bertz CT molecular complexity index is 828. The van der Waals surface area contributed by atoms with Crippen LogP contribution in [0.4, 0.5) is 0 Å². The molecule has 5 nitrogen and oxygen atoms in total. The summed E-state index contributed by atoms with van der Waals surface area (Å²) in [4.78, 5) is 7.21. The van der Waals surface area contributed by atoms with Gasteiger partial charge in [-0.1, -0.05) is 43.7 Å². The van der Waals surface area contributed by atoms with E-state index in [0.717, 1.165) is 43.1 Å². The first-order valence-electron chi connectivity index (χ1n) is 9.04.